The first kappa shape index (κ1) is 17.6. The highest BCUT2D eigenvalue weighted by Gasteiger charge is 2.16. The predicted molar refractivity (Wildman–Crippen MR) is 86.4 cm³/mol. The third-order valence-corrected chi connectivity index (χ3v) is 3.69. The molecule has 4 nitrogen and oxygen atoms in total. The molecule has 21 heavy (non-hydrogen) atoms. The largest absolute Gasteiger partial charge is 0.469 e. The molecule has 0 saturated carbocycles. The van der Waals surface area contributed by atoms with Crippen molar-refractivity contribution >= 4 is 24.5 Å². The second-order valence-electron chi connectivity index (χ2n) is 4.89. The fraction of sp³-hybridized carbons (Fsp3) is 0.500. The lowest BCUT2D eigenvalue weighted by molar-refractivity contribution is -0.140. The van der Waals surface area contributed by atoms with Crippen LogP contribution in [-0.2, 0) is 20.7 Å². The van der Waals surface area contributed by atoms with Crippen LogP contribution in [-0.4, -0.2) is 31.3 Å². The maximum atomic E-state index is 12.1. The van der Waals surface area contributed by atoms with E-state index in [2.05, 4.69) is 22.7 Å². The Bertz CT molecular complexity index is 436. The molecule has 0 saturated heterocycles. The van der Waals surface area contributed by atoms with Crippen LogP contribution in [0, 0.1) is 5.92 Å². The van der Waals surface area contributed by atoms with E-state index in [-0.39, 0.29) is 17.8 Å². The molecule has 0 aliphatic carbocycles. The molecule has 5 heteroatoms. The zero-order valence-electron chi connectivity index (χ0n) is 12.4. The van der Waals surface area contributed by atoms with Crippen molar-refractivity contribution in [2.24, 2.45) is 5.92 Å². The Morgan fingerprint density at radius 1 is 1.24 bits per heavy atom. The monoisotopic (exact) mass is 309 g/mol. The van der Waals surface area contributed by atoms with Gasteiger partial charge in [-0.25, -0.2) is 0 Å². The number of hydrogen-bond donors (Lipinski definition) is 2. The highest BCUT2D eigenvalue weighted by atomic mass is 32.1. The Balaban J connectivity index is 2.27. The Morgan fingerprint density at radius 2 is 1.95 bits per heavy atom. The number of rotatable bonds is 9. The maximum Gasteiger partial charge on any atom is 0.305 e. The number of amides is 1. The van der Waals surface area contributed by atoms with Gasteiger partial charge in [0.25, 0.3) is 0 Å². The number of carbonyl (C=O) groups excluding carboxylic acids is 2. The normalized spacial score (nSPS) is 11.7. The summed E-state index contributed by atoms with van der Waals surface area (Å²) in [5, 5.41) is 2.91. The highest BCUT2D eigenvalue weighted by Crippen LogP contribution is 2.10. The fourth-order valence-electron chi connectivity index (χ4n) is 1.99. The van der Waals surface area contributed by atoms with E-state index in [0.29, 0.717) is 25.1 Å². The van der Waals surface area contributed by atoms with Crippen molar-refractivity contribution in [3.63, 3.8) is 0 Å². The maximum absolute atomic E-state index is 12.1. The van der Waals surface area contributed by atoms with Gasteiger partial charge in [-0.1, -0.05) is 30.3 Å². The molecule has 1 N–H and O–H groups in total. The minimum Gasteiger partial charge on any atom is -0.469 e. The van der Waals surface area contributed by atoms with Gasteiger partial charge < -0.3 is 10.1 Å². The van der Waals surface area contributed by atoms with Crippen LogP contribution in [0.3, 0.4) is 0 Å². The number of unbranched alkanes of at least 4 members (excludes halogenated alkanes) is 1. The van der Waals surface area contributed by atoms with Crippen LogP contribution in [0.15, 0.2) is 30.3 Å². The summed E-state index contributed by atoms with van der Waals surface area (Å²) < 4.78 is 4.56. The summed E-state index contributed by atoms with van der Waals surface area (Å²) in [6.07, 6.45) is 2.58. The van der Waals surface area contributed by atoms with E-state index >= 15 is 0 Å². The highest BCUT2D eigenvalue weighted by molar-refractivity contribution is 7.80. The molecule has 1 aromatic carbocycles. The summed E-state index contributed by atoms with van der Waals surface area (Å²) in [6, 6.07) is 9.92. The number of carbonyl (C=O) groups is 2. The van der Waals surface area contributed by atoms with Crippen LogP contribution in [0.4, 0.5) is 0 Å². The Labute approximate surface area is 131 Å². The van der Waals surface area contributed by atoms with Gasteiger partial charge in [-0.15, -0.1) is 0 Å². The number of methoxy groups -OCH3 is 1. The molecule has 0 aromatic heterocycles. The molecule has 1 unspecified atom stereocenters. The molecular weight excluding hydrogens is 286 g/mol. The zero-order chi connectivity index (χ0) is 15.5. The molecule has 1 rings (SSSR count). The summed E-state index contributed by atoms with van der Waals surface area (Å²) >= 11 is 4.27. The van der Waals surface area contributed by atoms with Gasteiger partial charge in [-0.2, -0.15) is 12.6 Å². The number of thiol groups is 1. The van der Waals surface area contributed by atoms with Gasteiger partial charge in [0.2, 0.25) is 5.91 Å². The molecule has 1 aromatic rings. The lowest BCUT2D eigenvalue weighted by atomic mass is 10.00. The van der Waals surface area contributed by atoms with Crippen LogP contribution < -0.4 is 5.32 Å². The lowest BCUT2D eigenvalue weighted by Gasteiger charge is -2.14. The summed E-state index contributed by atoms with van der Waals surface area (Å²) in [4.78, 5) is 23.0. The molecule has 0 aliphatic heterocycles. The van der Waals surface area contributed by atoms with Gasteiger partial charge in [-0.3, -0.25) is 9.59 Å². The average Bonchev–Trinajstić information content (AvgIpc) is 2.52. The first-order chi connectivity index (χ1) is 10.2. The molecule has 0 bridgehead atoms. The minimum absolute atomic E-state index is 0.0203. The number of esters is 1. The molecule has 0 aliphatic rings. The van der Waals surface area contributed by atoms with Crippen LogP contribution in [0.2, 0.25) is 0 Å². The fourth-order valence-corrected chi connectivity index (χ4v) is 2.29. The van der Waals surface area contributed by atoms with Gasteiger partial charge in [0.15, 0.2) is 0 Å². The molecule has 0 radical (unpaired) electrons. The summed E-state index contributed by atoms with van der Waals surface area (Å²) in [6.45, 7) is 0.578. The van der Waals surface area contributed by atoms with Crippen LogP contribution in [0.25, 0.3) is 0 Å². The topological polar surface area (TPSA) is 55.4 Å². The van der Waals surface area contributed by atoms with E-state index in [0.717, 1.165) is 18.4 Å². The van der Waals surface area contributed by atoms with Crippen molar-refractivity contribution in [3.05, 3.63) is 35.9 Å². The second-order valence-corrected chi connectivity index (χ2v) is 5.26. The van der Waals surface area contributed by atoms with Crippen LogP contribution >= 0.6 is 12.6 Å². The number of hydrogen-bond acceptors (Lipinski definition) is 4. The van der Waals surface area contributed by atoms with Crippen molar-refractivity contribution < 1.29 is 14.3 Å². The van der Waals surface area contributed by atoms with E-state index in [9.17, 15) is 9.59 Å². The molecule has 1 atom stereocenters. The first-order valence-corrected chi connectivity index (χ1v) is 7.80. The number of ether oxygens (including phenoxy) is 1. The molecular formula is C16H23NO3S. The average molecular weight is 309 g/mol. The number of benzene rings is 1. The molecule has 0 heterocycles. The van der Waals surface area contributed by atoms with Gasteiger partial charge in [-0.05, 0) is 24.8 Å². The molecule has 0 fully saturated rings. The van der Waals surface area contributed by atoms with Crippen molar-refractivity contribution in [1.29, 1.82) is 0 Å². The first-order valence-electron chi connectivity index (χ1n) is 7.16. The predicted octanol–water partition coefficient (Wildman–Crippen LogP) is 2.23. The standard InChI is InChI=1S/C16H23NO3S/c1-20-15(18)9-5-6-10-17-16(19)14(12-21)11-13-7-3-2-4-8-13/h2-4,7-8,14,21H,5-6,9-12H2,1H3,(H,17,19). The van der Waals surface area contributed by atoms with Crippen molar-refractivity contribution in [3.8, 4) is 0 Å². The Morgan fingerprint density at radius 3 is 2.57 bits per heavy atom. The Hall–Kier alpha value is -1.49. The third kappa shape index (κ3) is 7.18. The smallest absolute Gasteiger partial charge is 0.305 e. The van der Waals surface area contributed by atoms with Crippen molar-refractivity contribution in [1.82, 2.24) is 5.32 Å². The minimum atomic E-state index is -0.210. The van der Waals surface area contributed by atoms with Gasteiger partial charge in [0, 0.05) is 18.7 Å². The SMILES string of the molecule is COC(=O)CCCCNC(=O)C(CS)Cc1ccccc1. The third-order valence-electron chi connectivity index (χ3n) is 3.25. The van der Waals surface area contributed by atoms with Gasteiger partial charge >= 0.3 is 5.97 Å². The van der Waals surface area contributed by atoms with E-state index in [4.69, 9.17) is 0 Å². The van der Waals surface area contributed by atoms with E-state index in [1.165, 1.54) is 7.11 Å². The van der Waals surface area contributed by atoms with Gasteiger partial charge in [0.05, 0.1) is 13.0 Å². The van der Waals surface area contributed by atoms with Crippen LogP contribution in [0.1, 0.15) is 24.8 Å². The summed E-state index contributed by atoms with van der Waals surface area (Å²) in [5.41, 5.74) is 1.14. The van der Waals surface area contributed by atoms with E-state index < -0.39 is 0 Å². The van der Waals surface area contributed by atoms with Crippen molar-refractivity contribution in [2.45, 2.75) is 25.7 Å². The van der Waals surface area contributed by atoms with Gasteiger partial charge in [0.1, 0.15) is 0 Å². The molecule has 1 amide bonds. The second kappa shape index (κ2) is 10.3. The number of nitrogens with one attached hydrogen (secondary N) is 1. The summed E-state index contributed by atoms with van der Waals surface area (Å²) in [5.74, 6) is 0.199. The lowest BCUT2D eigenvalue weighted by Crippen LogP contribution is -2.33. The Kier molecular flexibility index (Phi) is 8.59. The summed E-state index contributed by atoms with van der Waals surface area (Å²) in [7, 11) is 1.38. The van der Waals surface area contributed by atoms with E-state index in [1.807, 2.05) is 30.3 Å². The van der Waals surface area contributed by atoms with Crippen LogP contribution in [0.5, 0.6) is 0 Å². The van der Waals surface area contributed by atoms with E-state index in [1.54, 1.807) is 0 Å². The molecule has 0 spiro atoms. The zero-order valence-corrected chi connectivity index (χ0v) is 13.3. The molecule has 116 valence electrons. The van der Waals surface area contributed by atoms with Crippen molar-refractivity contribution in [2.75, 3.05) is 19.4 Å². The quantitative estimate of drug-likeness (QED) is 0.418.